The Morgan fingerprint density at radius 2 is 1.91 bits per heavy atom. The Balaban J connectivity index is 2.36. The van der Waals surface area contributed by atoms with Crippen molar-refractivity contribution >= 4 is 44.8 Å². The quantitative estimate of drug-likeness (QED) is 0.637. The van der Waals surface area contributed by atoms with Crippen LogP contribution in [-0.4, -0.2) is 24.2 Å². The summed E-state index contributed by atoms with van der Waals surface area (Å²) in [6.45, 7) is 0. The number of nitro benzene ring substituents is 1. The lowest BCUT2D eigenvalue weighted by Gasteiger charge is -2.06. The zero-order valence-corrected chi connectivity index (χ0v) is 12.9. The number of benzene rings is 1. The van der Waals surface area contributed by atoms with Crippen LogP contribution in [0.4, 0.5) is 5.69 Å². The van der Waals surface area contributed by atoms with Gasteiger partial charge in [0, 0.05) is 6.07 Å². The summed E-state index contributed by atoms with van der Waals surface area (Å²) in [5, 5.41) is 10.9. The maximum atomic E-state index is 12.1. The minimum atomic E-state index is -4.43. The van der Waals surface area contributed by atoms with Crippen molar-refractivity contribution < 1.29 is 18.1 Å². The molecular weight excluding hydrogens is 357 g/mol. The summed E-state index contributed by atoms with van der Waals surface area (Å²) in [6.07, 6.45) is 0. The van der Waals surface area contributed by atoms with E-state index in [4.69, 9.17) is 23.2 Å². The molecule has 0 saturated carbocycles. The van der Waals surface area contributed by atoms with Crippen molar-refractivity contribution in [1.82, 2.24) is 9.71 Å². The third-order valence-corrected chi connectivity index (χ3v) is 4.62. The maximum absolute atomic E-state index is 12.1. The standard InChI is InChI=1S/C11H7Cl2N3O5S/c12-6-5-7(14-10(6)13)11(17)15-22(20,21)9-4-2-1-3-8(9)16(18)19/h1-5,14H,(H,15,17). The van der Waals surface area contributed by atoms with Gasteiger partial charge in [-0.3, -0.25) is 14.9 Å². The van der Waals surface area contributed by atoms with E-state index in [9.17, 15) is 23.3 Å². The Bertz CT molecular complexity index is 843. The van der Waals surface area contributed by atoms with E-state index < -0.39 is 31.4 Å². The van der Waals surface area contributed by atoms with E-state index in [0.717, 1.165) is 18.2 Å². The molecular formula is C11H7Cl2N3O5S. The van der Waals surface area contributed by atoms with Gasteiger partial charge in [0.2, 0.25) is 0 Å². The normalized spacial score (nSPS) is 11.2. The molecule has 22 heavy (non-hydrogen) atoms. The molecule has 0 fully saturated rings. The molecule has 0 bridgehead atoms. The minimum Gasteiger partial charge on any atom is -0.340 e. The number of sulfonamides is 1. The van der Waals surface area contributed by atoms with Gasteiger partial charge in [-0.05, 0) is 12.1 Å². The fraction of sp³-hybridized carbons (Fsp3) is 0. The van der Waals surface area contributed by atoms with Gasteiger partial charge in [0.15, 0.2) is 4.90 Å². The summed E-state index contributed by atoms with van der Waals surface area (Å²) in [6, 6.07) is 5.77. The van der Waals surface area contributed by atoms with Gasteiger partial charge in [0.05, 0.1) is 9.95 Å². The lowest BCUT2D eigenvalue weighted by molar-refractivity contribution is -0.387. The van der Waals surface area contributed by atoms with Crippen molar-refractivity contribution in [3.63, 3.8) is 0 Å². The second-order valence-electron chi connectivity index (χ2n) is 4.00. The fourth-order valence-corrected chi connectivity index (χ4v) is 3.05. The smallest absolute Gasteiger partial charge is 0.289 e. The molecule has 1 heterocycles. The second kappa shape index (κ2) is 5.95. The maximum Gasteiger partial charge on any atom is 0.289 e. The Kier molecular flexibility index (Phi) is 4.40. The van der Waals surface area contributed by atoms with Crippen LogP contribution in [0.2, 0.25) is 10.2 Å². The molecule has 0 unspecified atom stereocenters. The zero-order chi connectivity index (χ0) is 16.5. The van der Waals surface area contributed by atoms with Crippen LogP contribution in [0.5, 0.6) is 0 Å². The predicted molar refractivity (Wildman–Crippen MR) is 78.6 cm³/mol. The van der Waals surface area contributed by atoms with Crippen LogP contribution >= 0.6 is 23.2 Å². The van der Waals surface area contributed by atoms with Gasteiger partial charge in [-0.1, -0.05) is 35.3 Å². The van der Waals surface area contributed by atoms with Crippen molar-refractivity contribution in [3.05, 3.63) is 56.3 Å². The van der Waals surface area contributed by atoms with Crippen LogP contribution in [0.3, 0.4) is 0 Å². The number of aromatic nitrogens is 1. The number of aromatic amines is 1. The Labute approximate surface area is 134 Å². The number of amides is 1. The molecule has 8 nitrogen and oxygen atoms in total. The molecule has 116 valence electrons. The van der Waals surface area contributed by atoms with Crippen molar-refractivity contribution in [3.8, 4) is 0 Å². The van der Waals surface area contributed by atoms with Crippen LogP contribution in [0.15, 0.2) is 35.2 Å². The lowest BCUT2D eigenvalue weighted by Crippen LogP contribution is -2.31. The average molecular weight is 364 g/mol. The van der Waals surface area contributed by atoms with Crippen molar-refractivity contribution in [2.24, 2.45) is 0 Å². The number of nitrogens with zero attached hydrogens (tertiary/aromatic N) is 1. The number of rotatable bonds is 4. The highest BCUT2D eigenvalue weighted by molar-refractivity contribution is 7.90. The molecule has 2 aromatic rings. The minimum absolute atomic E-state index is 0.0325. The number of carbonyl (C=O) groups is 1. The van der Waals surface area contributed by atoms with E-state index >= 15 is 0 Å². The summed E-state index contributed by atoms with van der Waals surface area (Å²) < 4.78 is 25.9. The molecule has 11 heteroatoms. The zero-order valence-electron chi connectivity index (χ0n) is 10.5. The van der Waals surface area contributed by atoms with Gasteiger partial charge in [0.1, 0.15) is 10.8 Å². The van der Waals surface area contributed by atoms with Gasteiger partial charge in [-0.25, -0.2) is 13.1 Å². The van der Waals surface area contributed by atoms with Gasteiger partial charge >= 0.3 is 0 Å². The van der Waals surface area contributed by atoms with Gasteiger partial charge in [0.25, 0.3) is 21.6 Å². The molecule has 2 N–H and O–H groups in total. The molecule has 1 aromatic heterocycles. The number of nitro groups is 1. The first-order valence-electron chi connectivity index (χ1n) is 5.57. The monoisotopic (exact) mass is 363 g/mol. The van der Waals surface area contributed by atoms with Crippen LogP contribution in [0.1, 0.15) is 10.5 Å². The molecule has 1 aromatic carbocycles. The van der Waals surface area contributed by atoms with Gasteiger partial charge in [-0.2, -0.15) is 0 Å². The highest BCUT2D eigenvalue weighted by Crippen LogP contribution is 2.24. The van der Waals surface area contributed by atoms with E-state index in [0.29, 0.717) is 0 Å². The summed E-state index contributed by atoms with van der Waals surface area (Å²) in [5.41, 5.74) is -0.845. The number of halogens is 2. The largest absolute Gasteiger partial charge is 0.340 e. The first-order valence-corrected chi connectivity index (χ1v) is 7.81. The van der Waals surface area contributed by atoms with Gasteiger partial charge < -0.3 is 4.98 Å². The van der Waals surface area contributed by atoms with Crippen LogP contribution in [-0.2, 0) is 10.0 Å². The Morgan fingerprint density at radius 3 is 2.45 bits per heavy atom. The Hall–Kier alpha value is -2.10. The topological polar surface area (TPSA) is 122 Å². The third-order valence-electron chi connectivity index (χ3n) is 2.55. The van der Waals surface area contributed by atoms with E-state index in [1.54, 1.807) is 4.72 Å². The molecule has 0 aliphatic heterocycles. The highest BCUT2D eigenvalue weighted by atomic mass is 35.5. The number of H-pyrrole nitrogens is 1. The Morgan fingerprint density at radius 1 is 1.27 bits per heavy atom. The summed E-state index contributed by atoms with van der Waals surface area (Å²) in [4.78, 5) is 23.6. The number of carbonyl (C=O) groups excluding carboxylic acids is 1. The summed E-state index contributed by atoms with van der Waals surface area (Å²) >= 11 is 11.3. The van der Waals surface area contributed by atoms with E-state index in [1.165, 1.54) is 12.1 Å². The number of hydrogen-bond acceptors (Lipinski definition) is 5. The van der Waals surface area contributed by atoms with Crippen molar-refractivity contribution in [2.45, 2.75) is 4.90 Å². The third kappa shape index (κ3) is 3.21. The number of para-hydroxylation sites is 1. The summed E-state index contributed by atoms with van der Waals surface area (Å²) in [7, 11) is -4.43. The van der Waals surface area contributed by atoms with Crippen LogP contribution in [0, 0.1) is 10.1 Å². The molecule has 0 aliphatic rings. The van der Waals surface area contributed by atoms with Crippen molar-refractivity contribution in [2.75, 3.05) is 0 Å². The van der Waals surface area contributed by atoms with E-state index in [-0.39, 0.29) is 15.9 Å². The van der Waals surface area contributed by atoms with Crippen LogP contribution in [0.25, 0.3) is 0 Å². The lowest BCUT2D eigenvalue weighted by atomic mass is 10.3. The molecule has 0 aliphatic carbocycles. The first-order chi connectivity index (χ1) is 10.2. The second-order valence-corrected chi connectivity index (χ2v) is 6.44. The van der Waals surface area contributed by atoms with Gasteiger partial charge in [-0.15, -0.1) is 0 Å². The summed E-state index contributed by atoms with van der Waals surface area (Å²) in [5.74, 6) is -1.05. The molecule has 0 spiro atoms. The highest BCUT2D eigenvalue weighted by Gasteiger charge is 2.27. The van der Waals surface area contributed by atoms with Crippen LogP contribution < -0.4 is 4.72 Å². The first kappa shape index (κ1) is 16.3. The van der Waals surface area contributed by atoms with Crippen molar-refractivity contribution in [1.29, 1.82) is 0 Å². The number of hydrogen-bond donors (Lipinski definition) is 2. The SMILES string of the molecule is O=C(NS(=O)(=O)c1ccccc1[N+](=O)[O-])c1cc(Cl)c(Cl)[nH]1. The molecule has 0 atom stereocenters. The number of nitrogens with one attached hydrogen (secondary N) is 2. The van der Waals surface area contributed by atoms with E-state index in [2.05, 4.69) is 4.98 Å². The molecule has 0 radical (unpaired) electrons. The van der Waals surface area contributed by atoms with E-state index in [1.807, 2.05) is 0 Å². The fourth-order valence-electron chi connectivity index (χ4n) is 1.59. The molecule has 2 rings (SSSR count). The average Bonchev–Trinajstić information content (AvgIpc) is 2.78. The molecule has 1 amide bonds. The predicted octanol–water partition coefficient (Wildman–Crippen LogP) is 2.35. The molecule has 0 saturated heterocycles.